The van der Waals surface area contributed by atoms with Gasteiger partial charge in [-0.05, 0) is 0 Å². The number of hydrogen-bond acceptors (Lipinski definition) is 5. The van der Waals surface area contributed by atoms with E-state index in [0.717, 1.165) is 8.18 Å². The summed E-state index contributed by atoms with van der Waals surface area (Å²) in [5, 5.41) is 0. The third-order valence-electron chi connectivity index (χ3n) is 2.11. The predicted octanol–water partition coefficient (Wildman–Crippen LogP) is 0.0992. The fraction of sp³-hybridized carbons (Fsp3) is 1.00. The average Bonchev–Trinajstić information content (AvgIpc) is 2.29. The summed E-state index contributed by atoms with van der Waals surface area (Å²) in [4.78, 5) is 0. The quantitative estimate of drug-likeness (QED) is 0.672. The van der Waals surface area contributed by atoms with E-state index in [1.807, 2.05) is 0 Å². The molecule has 84 valence electrons. The van der Waals surface area contributed by atoms with Gasteiger partial charge in [0.1, 0.15) is 0 Å². The third kappa shape index (κ3) is 2.58. The first kappa shape index (κ1) is 13.1. The van der Waals surface area contributed by atoms with Crippen molar-refractivity contribution in [3.05, 3.63) is 0 Å². The van der Waals surface area contributed by atoms with E-state index in [9.17, 15) is 0 Å². The van der Waals surface area contributed by atoms with Crippen molar-refractivity contribution in [2.45, 2.75) is 8.18 Å². The van der Waals surface area contributed by atoms with Gasteiger partial charge in [-0.15, -0.1) is 0 Å². The van der Waals surface area contributed by atoms with E-state index < -0.39 is 17.6 Å². The fourth-order valence-electron chi connectivity index (χ4n) is 1.17. The van der Waals surface area contributed by atoms with E-state index in [0.29, 0.717) is 0 Å². The zero-order chi connectivity index (χ0) is 10.7. The molecular weight excluding hydrogens is 336 g/mol. The van der Waals surface area contributed by atoms with Gasteiger partial charge in [-0.1, -0.05) is 0 Å². The molecule has 0 spiro atoms. The predicted molar refractivity (Wildman–Crippen MR) is 56.0 cm³/mol. The first-order valence-electron chi connectivity index (χ1n) is 4.14. The van der Waals surface area contributed by atoms with Gasteiger partial charge in [0, 0.05) is 0 Å². The zero-order valence-electron chi connectivity index (χ0n) is 8.86. The number of rotatable bonds is 4. The minimum absolute atomic E-state index is 0.167. The van der Waals surface area contributed by atoms with E-state index in [1.165, 1.54) is 0 Å². The van der Waals surface area contributed by atoms with Crippen LogP contribution in [0.4, 0.5) is 0 Å². The summed E-state index contributed by atoms with van der Waals surface area (Å²) >= 11 is -0.167. The Kier molecular flexibility index (Phi) is 5.03. The molecule has 0 radical (unpaired) electrons. The van der Waals surface area contributed by atoms with Crippen molar-refractivity contribution in [3.8, 4) is 0 Å². The van der Waals surface area contributed by atoms with Crippen LogP contribution in [0.2, 0.25) is 8.18 Å². The van der Waals surface area contributed by atoms with Crippen molar-refractivity contribution in [1.82, 2.24) is 0 Å². The normalized spacial score (nSPS) is 24.9. The summed E-state index contributed by atoms with van der Waals surface area (Å²) in [5.41, 5.74) is 0. The second kappa shape index (κ2) is 5.38. The van der Waals surface area contributed by atoms with Crippen LogP contribution in [0.15, 0.2) is 0 Å². The zero-order valence-corrected chi connectivity index (χ0v) is 13.2. The van der Waals surface area contributed by atoms with Gasteiger partial charge in [-0.25, -0.2) is 0 Å². The van der Waals surface area contributed by atoms with Crippen LogP contribution in [0.5, 0.6) is 0 Å². The van der Waals surface area contributed by atoms with Gasteiger partial charge in [0.2, 0.25) is 0 Å². The van der Waals surface area contributed by atoms with Crippen LogP contribution in [0.3, 0.4) is 0 Å². The van der Waals surface area contributed by atoms with Crippen LogP contribution in [0.1, 0.15) is 0 Å². The molecule has 1 aliphatic rings. The van der Waals surface area contributed by atoms with Gasteiger partial charge in [-0.2, -0.15) is 0 Å². The first-order valence-corrected chi connectivity index (χ1v) is 11.3. The molecule has 14 heavy (non-hydrogen) atoms. The van der Waals surface area contributed by atoms with E-state index in [1.54, 1.807) is 28.4 Å². The standard InChI is InChI=1S/C6H16O5Si2Te/c1-7-12(8-2)5-14-6-13(9-3,10-4)11-12/h5-6H2,1-4H3. The van der Waals surface area contributed by atoms with Gasteiger partial charge in [-0.3, -0.25) is 0 Å². The molecule has 0 saturated carbocycles. The Morgan fingerprint density at radius 1 is 0.857 bits per heavy atom. The number of hydrogen-bond donors (Lipinski definition) is 0. The molecule has 0 aromatic carbocycles. The maximum atomic E-state index is 5.88. The summed E-state index contributed by atoms with van der Waals surface area (Å²) in [6, 6.07) is 0. The van der Waals surface area contributed by atoms with Crippen molar-refractivity contribution >= 4 is 38.5 Å². The molecule has 0 N–H and O–H groups in total. The van der Waals surface area contributed by atoms with Gasteiger partial charge in [0.15, 0.2) is 0 Å². The molecule has 0 amide bonds. The molecule has 1 aliphatic heterocycles. The van der Waals surface area contributed by atoms with Crippen LogP contribution in [0, 0.1) is 0 Å². The Hall–Kier alpha value is 1.02. The first-order chi connectivity index (χ1) is 6.66. The van der Waals surface area contributed by atoms with Crippen LogP contribution >= 0.6 is 0 Å². The van der Waals surface area contributed by atoms with E-state index in [4.69, 9.17) is 21.8 Å². The van der Waals surface area contributed by atoms with Gasteiger partial charge >= 0.3 is 97.0 Å². The molecule has 0 aliphatic carbocycles. The molecular formula is C6H16O5Si2Te. The molecule has 5 nitrogen and oxygen atoms in total. The summed E-state index contributed by atoms with van der Waals surface area (Å²) < 4.78 is 29.4. The Balaban J connectivity index is 2.75. The van der Waals surface area contributed by atoms with Crippen LogP contribution in [0.25, 0.3) is 0 Å². The second-order valence-electron chi connectivity index (χ2n) is 2.78. The molecule has 0 unspecified atom stereocenters. The van der Waals surface area contributed by atoms with E-state index in [2.05, 4.69) is 0 Å². The van der Waals surface area contributed by atoms with Crippen molar-refractivity contribution in [3.63, 3.8) is 0 Å². The summed E-state index contributed by atoms with van der Waals surface area (Å²) in [6.45, 7) is 0. The molecule has 0 aromatic heterocycles. The summed E-state index contributed by atoms with van der Waals surface area (Å²) in [6.07, 6.45) is 0. The summed E-state index contributed by atoms with van der Waals surface area (Å²) in [5.74, 6) is 0. The molecule has 8 heteroatoms. The fourth-order valence-corrected chi connectivity index (χ4v) is 20.5. The Labute approximate surface area is 96.8 Å². The maximum absolute atomic E-state index is 5.88. The molecule has 1 rings (SSSR count). The van der Waals surface area contributed by atoms with Gasteiger partial charge < -0.3 is 0 Å². The average molecular weight is 352 g/mol. The van der Waals surface area contributed by atoms with Crippen molar-refractivity contribution in [2.24, 2.45) is 0 Å². The van der Waals surface area contributed by atoms with E-state index in [-0.39, 0.29) is 20.9 Å². The van der Waals surface area contributed by atoms with E-state index >= 15 is 0 Å². The van der Waals surface area contributed by atoms with Crippen molar-refractivity contribution in [2.75, 3.05) is 28.4 Å². The van der Waals surface area contributed by atoms with Crippen molar-refractivity contribution < 1.29 is 21.8 Å². The van der Waals surface area contributed by atoms with Crippen molar-refractivity contribution in [1.29, 1.82) is 0 Å². The van der Waals surface area contributed by atoms with Gasteiger partial charge in [0.25, 0.3) is 0 Å². The second-order valence-corrected chi connectivity index (χ2v) is 14.6. The molecule has 1 fully saturated rings. The SMILES string of the molecule is CO[Si]1(OC)C[Te]C[Si](OC)(OC)O1. The molecule has 0 aromatic rings. The third-order valence-corrected chi connectivity index (χ3v) is 17.8. The van der Waals surface area contributed by atoms with Crippen LogP contribution in [-0.2, 0) is 21.8 Å². The monoisotopic (exact) mass is 354 g/mol. The molecule has 0 bridgehead atoms. The van der Waals surface area contributed by atoms with Crippen LogP contribution in [-0.4, -0.2) is 67.0 Å². The van der Waals surface area contributed by atoms with Gasteiger partial charge in [0.05, 0.1) is 0 Å². The Bertz CT molecular complexity index is 167. The Morgan fingerprint density at radius 2 is 1.21 bits per heavy atom. The molecule has 0 atom stereocenters. The molecule has 1 heterocycles. The van der Waals surface area contributed by atoms with Crippen LogP contribution < -0.4 is 0 Å². The topological polar surface area (TPSA) is 46.2 Å². The minimum atomic E-state index is -2.44. The Morgan fingerprint density at radius 3 is 1.50 bits per heavy atom. The summed E-state index contributed by atoms with van der Waals surface area (Å²) in [7, 11) is 1.67. The molecule has 1 saturated heterocycles.